The van der Waals surface area contributed by atoms with Crippen molar-refractivity contribution in [2.75, 3.05) is 5.32 Å². The number of carbonyl (C=O) groups is 1. The van der Waals surface area contributed by atoms with Gasteiger partial charge in [0.15, 0.2) is 0 Å². The molecule has 1 amide bonds. The molecule has 1 aromatic heterocycles. The van der Waals surface area contributed by atoms with Crippen LogP contribution < -0.4 is 10.9 Å². The van der Waals surface area contributed by atoms with Crippen molar-refractivity contribution in [3.05, 3.63) is 99.5 Å². The average Bonchev–Trinajstić information content (AvgIpc) is 2.65. The van der Waals surface area contributed by atoms with Crippen molar-refractivity contribution in [3.63, 3.8) is 0 Å². The lowest BCUT2D eigenvalue weighted by Crippen LogP contribution is -2.22. The van der Waals surface area contributed by atoms with Crippen LogP contribution >= 0.6 is 0 Å². The van der Waals surface area contributed by atoms with Crippen LogP contribution in [0.2, 0.25) is 0 Å². The van der Waals surface area contributed by atoms with Crippen LogP contribution in [0, 0.1) is 6.92 Å². The van der Waals surface area contributed by atoms with Crippen LogP contribution in [0.15, 0.2) is 71.7 Å². The number of anilines is 1. The van der Waals surface area contributed by atoms with E-state index in [1.165, 1.54) is 35.0 Å². The third-order valence-electron chi connectivity index (χ3n) is 4.32. The standard InChI is InChI=1S/C21H17F3N2O2/c1-14-4-2-3-5-15(14)12-26-13-16(6-11-19(26)27)20(28)25-18-9-7-17(8-10-18)21(22,23)24/h2-11,13H,12H2,1H3,(H,25,28). The first kappa shape index (κ1) is 19.4. The molecule has 1 N–H and O–H groups in total. The van der Waals surface area contributed by atoms with E-state index >= 15 is 0 Å². The number of nitrogens with zero attached hydrogens (tertiary/aromatic N) is 1. The largest absolute Gasteiger partial charge is 0.416 e. The zero-order valence-electron chi connectivity index (χ0n) is 15.0. The van der Waals surface area contributed by atoms with Gasteiger partial charge in [0.25, 0.3) is 11.5 Å². The van der Waals surface area contributed by atoms with Gasteiger partial charge in [0.2, 0.25) is 0 Å². The molecule has 4 nitrogen and oxygen atoms in total. The number of carbonyl (C=O) groups excluding carboxylic acids is 1. The highest BCUT2D eigenvalue weighted by molar-refractivity contribution is 6.04. The van der Waals surface area contributed by atoms with Gasteiger partial charge in [-0.1, -0.05) is 24.3 Å². The van der Waals surface area contributed by atoms with Gasteiger partial charge in [-0.25, -0.2) is 0 Å². The van der Waals surface area contributed by atoms with E-state index in [0.717, 1.165) is 23.3 Å². The number of rotatable bonds is 4. The van der Waals surface area contributed by atoms with E-state index in [-0.39, 0.29) is 16.8 Å². The number of aromatic nitrogens is 1. The van der Waals surface area contributed by atoms with Crippen molar-refractivity contribution in [1.82, 2.24) is 4.57 Å². The number of hydrogen-bond acceptors (Lipinski definition) is 2. The van der Waals surface area contributed by atoms with E-state index in [1.807, 2.05) is 31.2 Å². The first-order chi connectivity index (χ1) is 13.2. The van der Waals surface area contributed by atoms with Crippen molar-refractivity contribution >= 4 is 11.6 Å². The van der Waals surface area contributed by atoms with Crippen LogP contribution in [0.4, 0.5) is 18.9 Å². The van der Waals surface area contributed by atoms with Gasteiger partial charge < -0.3 is 9.88 Å². The Morgan fingerprint density at radius 2 is 1.68 bits per heavy atom. The molecular weight excluding hydrogens is 369 g/mol. The highest BCUT2D eigenvalue weighted by Gasteiger charge is 2.30. The molecule has 0 bridgehead atoms. The highest BCUT2D eigenvalue weighted by atomic mass is 19.4. The maximum atomic E-state index is 12.6. The smallest absolute Gasteiger partial charge is 0.322 e. The van der Waals surface area contributed by atoms with Crippen molar-refractivity contribution in [1.29, 1.82) is 0 Å². The zero-order chi connectivity index (χ0) is 20.3. The molecule has 0 saturated carbocycles. The van der Waals surface area contributed by atoms with E-state index < -0.39 is 17.6 Å². The summed E-state index contributed by atoms with van der Waals surface area (Å²) in [5.41, 5.74) is 1.38. The van der Waals surface area contributed by atoms with Crippen LogP contribution in [0.3, 0.4) is 0 Å². The number of aryl methyl sites for hydroxylation is 1. The molecule has 0 radical (unpaired) electrons. The zero-order valence-corrected chi connectivity index (χ0v) is 15.0. The predicted molar refractivity (Wildman–Crippen MR) is 100 cm³/mol. The molecule has 7 heteroatoms. The third-order valence-corrected chi connectivity index (χ3v) is 4.32. The quantitative estimate of drug-likeness (QED) is 0.719. The Kier molecular flexibility index (Phi) is 5.35. The first-order valence-corrected chi connectivity index (χ1v) is 8.47. The molecule has 0 spiro atoms. The average molecular weight is 386 g/mol. The molecule has 0 aliphatic rings. The lowest BCUT2D eigenvalue weighted by atomic mass is 10.1. The van der Waals surface area contributed by atoms with Crippen LogP contribution in [0.25, 0.3) is 0 Å². The number of amides is 1. The van der Waals surface area contributed by atoms with Crippen LogP contribution in [0.1, 0.15) is 27.0 Å². The van der Waals surface area contributed by atoms with Gasteiger partial charge in [-0.2, -0.15) is 13.2 Å². The normalized spacial score (nSPS) is 11.3. The van der Waals surface area contributed by atoms with Gasteiger partial charge in [-0.15, -0.1) is 0 Å². The summed E-state index contributed by atoms with van der Waals surface area (Å²) >= 11 is 0. The monoisotopic (exact) mass is 386 g/mol. The molecule has 0 unspecified atom stereocenters. The minimum absolute atomic E-state index is 0.230. The van der Waals surface area contributed by atoms with Gasteiger partial charge in [0.1, 0.15) is 0 Å². The van der Waals surface area contributed by atoms with Crippen molar-refractivity contribution in [2.45, 2.75) is 19.6 Å². The Balaban J connectivity index is 1.79. The topological polar surface area (TPSA) is 51.1 Å². The molecule has 0 aliphatic heterocycles. The maximum absolute atomic E-state index is 12.6. The molecule has 28 heavy (non-hydrogen) atoms. The van der Waals surface area contributed by atoms with E-state index in [9.17, 15) is 22.8 Å². The number of benzene rings is 2. The predicted octanol–water partition coefficient (Wildman–Crippen LogP) is 4.48. The van der Waals surface area contributed by atoms with Crippen molar-refractivity contribution < 1.29 is 18.0 Å². The summed E-state index contributed by atoms with van der Waals surface area (Å²) in [7, 11) is 0. The van der Waals surface area contributed by atoms with Gasteiger partial charge in [-0.05, 0) is 48.4 Å². The second-order valence-corrected chi connectivity index (χ2v) is 6.34. The third kappa shape index (κ3) is 4.49. The minimum Gasteiger partial charge on any atom is -0.322 e. The lowest BCUT2D eigenvalue weighted by molar-refractivity contribution is -0.137. The molecule has 3 aromatic rings. The molecule has 0 fully saturated rings. The van der Waals surface area contributed by atoms with E-state index in [2.05, 4.69) is 5.32 Å². The van der Waals surface area contributed by atoms with Crippen molar-refractivity contribution in [2.24, 2.45) is 0 Å². The second kappa shape index (κ2) is 7.72. The first-order valence-electron chi connectivity index (χ1n) is 8.47. The Labute approximate surface area is 159 Å². The summed E-state index contributed by atoms with van der Waals surface area (Å²) < 4.78 is 39.3. The van der Waals surface area contributed by atoms with Crippen LogP contribution in [0.5, 0.6) is 0 Å². The maximum Gasteiger partial charge on any atom is 0.416 e. The summed E-state index contributed by atoms with van der Waals surface area (Å²) in [6.07, 6.45) is -3.00. The molecule has 0 atom stereocenters. The van der Waals surface area contributed by atoms with Crippen LogP contribution in [-0.4, -0.2) is 10.5 Å². The van der Waals surface area contributed by atoms with Gasteiger partial charge in [-0.3, -0.25) is 9.59 Å². The molecule has 0 saturated heterocycles. The Morgan fingerprint density at radius 1 is 1.00 bits per heavy atom. The second-order valence-electron chi connectivity index (χ2n) is 6.34. The number of pyridine rings is 1. The van der Waals surface area contributed by atoms with E-state index in [1.54, 1.807) is 0 Å². The summed E-state index contributed by atoms with van der Waals surface area (Å²) in [6.45, 7) is 2.24. The fraction of sp³-hybridized carbons (Fsp3) is 0.143. The lowest BCUT2D eigenvalue weighted by Gasteiger charge is -2.11. The van der Waals surface area contributed by atoms with Gasteiger partial charge in [0, 0.05) is 18.0 Å². The molecule has 1 heterocycles. The Hall–Kier alpha value is -3.35. The SMILES string of the molecule is Cc1ccccc1Cn1cc(C(=O)Nc2ccc(C(F)(F)F)cc2)ccc1=O. The molecule has 3 rings (SSSR count). The fourth-order valence-corrected chi connectivity index (χ4v) is 2.71. The number of hydrogen-bond donors (Lipinski definition) is 1. The summed E-state index contributed by atoms with van der Waals surface area (Å²) in [6, 6.07) is 14.4. The number of nitrogens with one attached hydrogen (secondary N) is 1. The molecular formula is C21H17F3N2O2. The highest BCUT2D eigenvalue weighted by Crippen LogP contribution is 2.29. The van der Waals surface area contributed by atoms with Crippen molar-refractivity contribution in [3.8, 4) is 0 Å². The van der Waals surface area contributed by atoms with Crippen LogP contribution in [-0.2, 0) is 12.7 Å². The number of alkyl halides is 3. The summed E-state index contributed by atoms with van der Waals surface area (Å²) in [5.74, 6) is -0.515. The summed E-state index contributed by atoms with van der Waals surface area (Å²) in [5, 5.41) is 2.54. The van der Waals surface area contributed by atoms with E-state index in [4.69, 9.17) is 0 Å². The fourth-order valence-electron chi connectivity index (χ4n) is 2.71. The molecule has 2 aromatic carbocycles. The Bertz CT molecular complexity index is 1050. The Morgan fingerprint density at radius 3 is 2.32 bits per heavy atom. The summed E-state index contributed by atoms with van der Waals surface area (Å²) in [4.78, 5) is 24.6. The van der Waals surface area contributed by atoms with E-state index in [0.29, 0.717) is 6.54 Å². The van der Waals surface area contributed by atoms with Gasteiger partial charge in [0.05, 0.1) is 17.7 Å². The minimum atomic E-state index is -4.44. The molecule has 0 aliphatic carbocycles. The molecule has 144 valence electrons. The van der Waals surface area contributed by atoms with Gasteiger partial charge >= 0.3 is 6.18 Å². The number of halogens is 3.